The Hall–Kier alpha value is 0.700. The van der Waals surface area contributed by atoms with Gasteiger partial charge in [0.25, 0.3) is 0 Å². The first kappa shape index (κ1) is 7.70. The monoisotopic (exact) mass is 141 g/mol. The van der Waals surface area contributed by atoms with Gasteiger partial charge in [-0.1, -0.05) is 0 Å². The molecule has 0 saturated carbocycles. The van der Waals surface area contributed by atoms with E-state index in [1.807, 2.05) is 6.26 Å². The van der Waals surface area contributed by atoms with Gasteiger partial charge in [0.15, 0.2) is 0 Å². The van der Waals surface area contributed by atoms with Crippen molar-refractivity contribution in [1.29, 1.82) is 0 Å². The second kappa shape index (κ2) is 2.88. The van der Waals surface area contributed by atoms with Gasteiger partial charge in [-0.15, -0.1) is 0 Å². The van der Waals surface area contributed by atoms with E-state index < -0.39 is 6.92 Å². The van der Waals surface area contributed by atoms with Crippen LogP contribution >= 0.6 is 18.3 Å². The van der Waals surface area contributed by atoms with Crippen molar-refractivity contribution < 1.29 is 9.42 Å². The van der Waals surface area contributed by atoms with Gasteiger partial charge in [0.1, 0.15) is 6.66 Å². The average molecular weight is 141 g/mol. The van der Waals surface area contributed by atoms with Crippen LogP contribution in [0.15, 0.2) is 0 Å². The maximum atomic E-state index is 8.98. The molecule has 0 aliphatic heterocycles. The molecule has 2 nitrogen and oxygen atoms in total. The van der Waals surface area contributed by atoms with Gasteiger partial charge in [0.05, 0.1) is 18.5 Å². The average Bonchev–Trinajstić information content (AvgIpc) is 1.68. The summed E-state index contributed by atoms with van der Waals surface area (Å²) in [5, 5.41) is 0. The number of rotatable bonds is 2. The molecule has 44 valence electrons. The zero-order chi connectivity index (χ0) is 5.91. The fraction of sp³-hybridized carbons (Fsp3) is 1.00. The van der Waals surface area contributed by atoms with E-state index in [-0.39, 0.29) is 0 Å². The van der Waals surface area contributed by atoms with Crippen molar-refractivity contribution >= 4 is 18.3 Å². The zero-order valence-corrected chi connectivity index (χ0v) is 6.42. The molecule has 0 fully saturated rings. The fourth-order valence-electron chi connectivity index (χ4n) is 0.0745. The first-order chi connectivity index (χ1) is 3.12. The van der Waals surface area contributed by atoms with Crippen LogP contribution in [0.3, 0.4) is 0 Å². The van der Waals surface area contributed by atoms with Crippen LogP contribution in [0.2, 0.25) is 0 Å². The minimum atomic E-state index is -1.99. The number of hydrogen-bond donors (Lipinski definition) is 1. The van der Waals surface area contributed by atoms with E-state index >= 15 is 0 Å². The molecule has 0 rings (SSSR count). The lowest BCUT2D eigenvalue weighted by Gasteiger charge is -2.03. The Bertz CT molecular complexity index is 50.9. The summed E-state index contributed by atoms with van der Waals surface area (Å²) in [5.74, 6) is 0. The van der Waals surface area contributed by atoms with Crippen LogP contribution in [-0.4, -0.2) is 24.9 Å². The molecule has 0 amide bonds. The lowest BCUT2D eigenvalue weighted by molar-refractivity contribution is 0.390. The molecule has 0 heterocycles. The molecular weight excluding hydrogens is 131 g/mol. The van der Waals surface area contributed by atoms with E-state index in [4.69, 9.17) is 9.42 Å². The molecule has 0 aromatic carbocycles. The van der Waals surface area contributed by atoms with Crippen LogP contribution in [0, 0.1) is 0 Å². The van der Waals surface area contributed by atoms with E-state index in [0.29, 0.717) is 0 Å². The molecule has 7 heavy (non-hydrogen) atoms. The lowest BCUT2D eigenvalue weighted by Crippen LogP contribution is -1.82. The van der Waals surface area contributed by atoms with Crippen LogP contribution in [0.5, 0.6) is 0 Å². The van der Waals surface area contributed by atoms with Crippen molar-refractivity contribution in [2.75, 3.05) is 20.0 Å². The van der Waals surface area contributed by atoms with E-state index in [0.717, 1.165) is 0 Å². The Balaban J connectivity index is 3.36. The van der Waals surface area contributed by atoms with Crippen LogP contribution in [-0.2, 0) is 4.52 Å². The predicted octanol–water partition coefficient (Wildman–Crippen LogP) is 1.38. The summed E-state index contributed by atoms with van der Waals surface area (Å²) in [7, 11) is 1.52. The fourth-order valence-corrected chi connectivity index (χ4v) is 0.671. The van der Waals surface area contributed by atoms with Crippen LogP contribution < -0.4 is 0 Å². The highest BCUT2D eigenvalue weighted by Gasteiger charge is 2.27. The van der Waals surface area contributed by atoms with Gasteiger partial charge >= 0.3 is 6.92 Å². The van der Waals surface area contributed by atoms with Crippen molar-refractivity contribution in [3.63, 3.8) is 0 Å². The Morgan fingerprint density at radius 3 is 2.14 bits per heavy atom. The van der Waals surface area contributed by atoms with Gasteiger partial charge in [0.2, 0.25) is 0 Å². The minimum Gasteiger partial charge on any atom is -0.208 e. The highest BCUT2D eigenvalue weighted by molar-refractivity contribution is 8.58. The maximum absolute atomic E-state index is 8.98. The van der Waals surface area contributed by atoms with Crippen molar-refractivity contribution in [1.82, 2.24) is 0 Å². The molecule has 0 aromatic heterocycles. The van der Waals surface area contributed by atoms with Gasteiger partial charge in [-0.05, 0) is 0 Å². The molecule has 0 aromatic rings. The van der Waals surface area contributed by atoms with E-state index in [1.165, 1.54) is 18.5 Å². The molecule has 1 unspecified atom stereocenters. The van der Waals surface area contributed by atoms with E-state index in [9.17, 15) is 0 Å². The Morgan fingerprint density at radius 2 is 2.14 bits per heavy atom. The van der Waals surface area contributed by atoms with Crippen molar-refractivity contribution in [3.8, 4) is 0 Å². The predicted molar refractivity (Wildman–Crippen MR) is 35.6 cm³/mol. The van der Waals surface area contributed by atoms with Gasteiger partial charge in [-0.25, -0.2) is 4.89 Å². The Morgan fingerprint density at radius 1 is 1.71 bits per heavy atom. The van der Waals surface area contributed by atoms with Crippen LogP contribution in [0.1, 0.15) is 0 Å². The molecule has 0 radical (unpaired) electrons. The molecule has 0 spiro atoms. The molecule has 4 heteroatoms. The third-order valence-corrected chi connectivity index (χ3v) is 4.51. The molecular formula is C3H10O2PS+. The van der Waals surface area contributed by atoms with Crippen molar-refractivity contribution in [3.05, 3.63) is 0 Å². The first-order valence-electron chi connectivity index (χ1n) is 1.83. The second-order valence-electron chi connectivity index (χ2n) is 1.17. The summed E-state index contributed by atoms with van der Waals surface area (Å²) in [6.45, 7) is -0.282. The SMILES string of the molecule is CO[P+](C)(O)SC. The normalized spacial score (nSPS) is 18.9. The zero-order valence-electron chi connectivity index (χ0n) is 4.71. The quantitative estimate of drug-likeness (QED) is 0.589. The van der Waals surface area contributed by atoms with Gasteiger partial charge in [0, 0.05) is 6.26 Å². The standard InChI is InChI=1S/C3H10O2PS/c1-5-6(2,4)7-3/h4H,1-3H3/q+1. The molecule has 0 aliphatic carbocycles. The highest BCUT2D eigenvalue weighted by atomic mass is 32.7. The van der Waals surface area contributed by atoms with E-state index in [1.54, 1.807) is 6.66 Å². The minimum absolute atomic E-state index is 1.37. The Kier molecular flexibility index (Phi) is 3.16. The second-order valence-corrected chi connectivity index (χ2v) is 6.63. The topological polar surface area (TPSA) is 29.5 Å². The summed E-state index contributed by atoms with van der Waals surface area (Å²) in [5.41, 5.74) is 0. The summed E-state index contributed by atoms with van der Waals surface area (Å²) < 4.78 is 4.72. The van der Waals surface area contributed by atoms with Crippen molar-refractivity contribution in [2.45, 2.75) is 0 Å². The lowest BCUT2D eigenvalue weighted by atomic mass is 11.8. The third-order valence-electron chi connectivity index (χ3n) is 0.678. The summed E-state index contributed by atoms with van der Waals surface area (Å²) in [6.07, 6.45) is 1.83. The largest absolute Gasteiger partial charge is 0.326 e. The summed E-state index contributed by atoms with van der Waals surface area (Å²) in [4.78, 5) is 8.98. The summed E-state index contributed by atoms with van der Waals surface area (Å²) >= 11 is 1.37. The number of hydrogen-bond acceptors (Lipinski definition) is 3. The van der Waals surface area contributed by atoms with Crippen molar-refractivity contribution in [2.24, 2.45) is 0 Å². The van der Waals surface area contributed by atoms with Gasteiger partial charge < -0.3 is 0 Å². The first-order valence-corrected chi connectivity index (χ1v) is 5.77. The molecule has 0 bridgehead atoms. The van der Waals surface area contributed by atoms with Gasteiger partial charge in [-0.2, -0.15) is 4.52 Å². The molecule has 0 aliphatic rings. The third kappa shape index (κ3) is 3.30. The summed E-state index contributed by atoms with van der Waals surface area (Å²) in [6, 6.07) is 0. The highest BCUT2D eigenvalue weighted by Crippen LogP contribution is 2.61. The maximum Gasteiger partial charge on any atom is 0.326 e. The smallest absolute Gasteiger partial charge is 0.208 e. The van der Waals surface area contributed by atoms with Gasteiger partial charge in [-0.3, -0.25) is 0 Å². The molecule has 1 N–H and O–H groups in total. The molecule has 0 saturated heterocycles. The Labute approximate surface area is 48.5 Å². The van der Waals surface area contributed by atoms with Crippen LogP contribution in [0.4, 0.5) is 0 Å². The molecule has 1 atom stereocenters. The van der Waals surface area contributed by atoms with Crippen LogP contribution in [0.25, 0.3) is 0 Å². The van der Waals surface area contributed by atoms with E-state index in [2.05, 4.69) is 0 Å².